The van der Waals surface area contributed by atoms with E-state index in [4.69, 9.17) is 16.3 Å². The molecule has 5 heteroatoms. The zero-order valence-electron chi connectivity index (χ0n) is 7.99. The quantitative estimate of drug-likeness (QED) is 0.759. The molecule has 15 heavy (non-hydrogen) atoms. The van der Waals surface area contributed by atoms with Crippen LogP contribution in [0.3, 0.4) is 0 Å². The number of rotatable bonds is 2. The SMILES string of the molecule is CCOC(=O)c1nc2c(Cl)cccc2s1. The van der Waals surface area contributed by atoms with Gasteiger partial charge in [0.05, 0.1) is 16.3 Å². The number of esters is 1. The van der Waals surface area contributed by atoms with E-state index in [0.717, 1.165) is 4.70 Å². The zero-order valence-corrected chi connectivity index (χ0v) is 9.56. The van der Waals surface area contributed by atoms with Crippen molar-refractivity contribution < 1.29 is 9.53 Å². The van der Waals surface area contributed by atoms with Gasteiger partial charge < -0.3 is 4.74 Å². The molecular formula is C10H8ClNO2S. The summed E-state index contributed by atoms with van der Waals surface area (Å²) in [5.74, 6) is -0.394. The molecule has 1 aromatic carbocycles. The van der Waals surface area contributed by atoms with E-state index in [2.05, 4.69) is 4.98 Å². The summed E-state index contributed by atoms with van der Waals surface area (Å²) < 4.78 is 5.76. The summed E-state index contributed by atoms with van der Waals surface area (Å²) in [6.45, 7) is 2.11. The third-order valence-electron chi connectivity index (χ3n) is 1.82. The summed E-state index contributed by atoms with van der Waals surface area (Å²) in [6.07, 6.45) is 0. The van der Waals surface area contributed by atoms with Crippen molar-refractivity contribution >= 4 is 39.1 Å². The first-order valence-electron chi connectivity index (χ1n) is 4.44. The molecule has 0 unspecified atom stereocenters. The maximum atomic E-state index is 11.4. The largest absolute Gasteiger partial charge is 0.461 e. The minimum Gasteiger partial charge on any atom is -0.461 e. The Morgan fingerprint density at radius 3 is 3.07 bits per heavy atom. The second-order valence-corrected chi connectivity index (χ2v) is 4.26. The van der Waals surface area contributed by atoms with Crippen LogP contribution in [0.4, 0.5) is 0 Å². The minimum atomic E-state index is -0.394. The topological polar surface area (TPSA) is 39.2 Å². The molecule has 0 amide bonds. The summed E-state index contributed by atoms with van der Waals surface area (Å²) in [6, 6.07) is 5.46. The Bertz CT molecular complexity index is 509. The lowest BCUT2D eigenvalue weighted by molar-refractivity contribution is 0.0526. The van der Waals surface area contributed by atoms with Crippen molar-refractivity contribution in [2.75, 3.05) is 6.61 Å². The number of ether oxygens (including phenoxy) is 1. The third kappa shape index (κ3) is 1.96. The van der Waals surface area contributed by atoms with Gasteiger partial charge in [0.2, 0.25) is 5.01 Å². The van der Waals surface area contributed by atoms with Crippen molar-refractivity contribution in [2.24, 2.45) is 0 Å². The van der Waals surface area contributed by atoms with Gasteiger partial charge in [0.1, 0.15) is 5.52 Å². The molecule has 0 saturated carbocycles. The van der Waals surface area contributed by atoms with Crippen LogP contribution in [-0.4, -0.2) is 17.6 Å². The van der Waals surface area contributed by atoms with E-state index in [-0.39, 0.29) is 0 Å². The summed E-state index contributed by atoms with van der Waals surface area (Å²) in [5, 5.41) is 0.902. The Kier molecular flexibility index (Phi) is 2.88. The number of carbonyl (C=O) groups excluding carboxylic acids is 1. The standard InChI is InChI=1S/C10H8ClNO2S/c1-2-14-10(13)9-12-8-6(11)4-3-5-7(8)15-9/h3-5H,2H2,1H3. The summed E-state index contributed by atoms with van der Waals surface area (Å²) in [7, 11) is 0. The number of para-hydroxylation sites is 1. The first-order chi connectivity index (χ1) is 7.22. The van der Waals surface area contributed by atoms with Gasteiger partial charge in [-0.25, -0.2) is 9.78 Å². The molecule has 0 aliphatic heterocycles. The average molecular weight is 242 g/mol. The Morgan fingerprint density at radius 1 is 1.60 bits per heavy atom. The van der Waals surface area contributed by atoms with Crippen LogP contribution in [0.5, 0.6) is 0 Å². The van der Waals surface area contributed by atoms with E-state index in [1.807, 2.05) is 12.1 Å². The van der Waals surface area contributed by atoms with Gasteiger partial charge in [-0.1, -0.05) is 17.7 Å². The molecule has 78 valence electrons. The number of carbonyl (C=O) groups is 1. The van der Waals surface area contributed by atoms with Crippen LogP contribution in [-0.2, 0) is 4.74 Å². The molecule has 2 rings (SSSR count). The number of hydrogen-bond acceptors (Lipinski definition) is 4. The second kappa shape index (κ2) is 4.16. The molecule has 0 saturated heterocycles. The molecule has 3 nitrogen and oxygen atoms in total. The van der Waals surface area contributed by atoms with Crippen LogP contribution < -0.4 is 0 Å². The van der Waals surface area contributed by atoms with Crippen LogP contribution in [0, 0.1) is 0 Å². The van der Waals surface area contributed by atoms with Crippen LogP contribution in [0.15, 0.2) is 18.2 Å². The highest BCUT2D eigenvalue weighted by molar-refractivity contribution is 7.20. The fourth-order valence-electron chi connectivity index (χ4n) is 1.20. The van der Waals surface area contributed by atoms with Crippen LogP contribution in [0.1, 0.15) is 16.7 Å². The molecule has 2 aromatic rings. The lowest BCUT2D eigenvalue weighted by Crippen LogP contribution is -2.03. The molecule has 0 aliphatic rings. The van der Waals surface area contributed by atoms with Crippen LogP contribution in [0.25, 0.3) is 10.2 Å². The van der Waals surface area contributed by atoms with Crippen molar-refractivity contribution in [1.29, 1.82) is 0 Å². The maximum absolute atomic E-state index is 11.4. The van der Waals surface area contributed by atoms with Crippen molar-refractivity contribution in [1.82, 2.24) is 4.98 Å². The lowest BCUT2D eigenvalue weighted by atomic mass is 10.3. The minimum absolute atomic E-state index is 0.347. The average Bonchev–Trinajstić information content (AvgIpc) is 2.63. The van der Waals surface area contributed by atoms with E-state index in [1.54, 1.807) is 13.0 Å². The molecule has 0 aliphatic carbocycles. The Hall–Kier alpha value is -1.13. The number of halogens is 1. The van der Waals surface area contributed by atoms with Gasteiger partial charge in [-0.2, -0.15) is 0 Å². The fourth-order valence-corrected chi connectivity index (χ4v) is 2.35. The molecular weight excluding hydrogens is 234 g/mol. The van der Waals surface area contributed by atoms with Gasteiger partial charge in [0, 0.05) is 0 Å². The molecule has 0 fully saturated rings. The first kappa shape index (κ1) is 10.4. The molecule has 0 atom stereocenters. The van der Waals surface area contributed by atoms with Crippen molar-refractivity contribution in [3.63, 3.8) is 0 Å². The maximum Gasteiger partial charge on any atom is 0.367 e. The summed E-state index contributed by atoms with van der Waals surface area (Å²) in [5.41, 5.74) is 0.659. The van der Waals surface area contributed by atoms with E-state index in [0.29, 0.717) is 22.2 Å². The summed E-state index contributed by atoms with van der Waals surface area (Å²) >= 11 is 7.23. The zero-order chi connectivity index (χ0) is 10.8. The molecule has 1 aromatic heterocycles. The van der Waals surface area contributed by atoms with Gasteiger partial charge in [0.25, 0.3) is 0 Å². The van der Waals surface area contributed by atoms with Gasteiger partial charge in [-0.3, -0.25) is 0 Å². The lowest BCUT2D eigenvalue weighted by Gasteiger charge is -1.94. The first-order valence-corrected chi connectivity index (χ1v) is 5.64. The highest BCUT2D eigenvalue weighted by Gasteiger charge is 2.14. The van der Waals surface area contributed by atoms with Gasteiger partial charge in [-0.05, 0) is 19.1 Å². The van der Waals surface area contributed by atoms with Gasteiger partial charge in [0.15, 0.2) is 0 Å². The van der Waals surface area contributed by atoms with Gasteiger partial charge >= 0.3 is 5.97 Å². The van der Waals surface area contributed by atoms with Gasteiger partial charge in [-0.15, -0.1) is 11.3 Å². The number of aromatic nitrogens is 1. The van der Waals surface area contributed by atoms with Crippen LogP contribution >= 0.6 is 22.9 Å². The number of hydrogen-bond donors (Lipinski definition) is 0. The number of benzene rings is 1. The third-order valence-corrected chi connectivity index (χ3v) is 3.13. The Morgan fingerprint density at radius 2 is 2.40 bits per heavy atom. The molecule has 0 spiro atoms. The van der Waals surface area contributed by atoms with Crippen molar-refractivity contribution in [3.8, 4) is 0 Å². The van der Waals surface area contributed by atoms with Crippen LogP contribution in [0.2, 0.25) is 5.02 Å². The van der Waals surface area contributed by atoms with Crippen molar-refractivity contribution in [2.45, 2.75) is 6.92 Å². The Balaban J connectivity index is 2.47. The monoisotopic (exact) mass is 241 g/mol. The normalized spacial score (nSPS) is 10.5. The smallest absolute Gasteiger partial charge is 0.367 e. The summed E-state index contributed by atoms with van der Waals surface area (Å²) in [4.78, 5) is 15.6. The predicted molar refractivity (Wildman–Crippen MR) is 60.6 cm³/mol. The number of thiazole rings is 1. The molecule has 1 heterocycles. The fraction of sp³-hybridized carbons (Fsp3) is 0.200. The Labute approximate surface area is 95.6 Å². The molecule has 0 radical (unpaired) electrons. The number of nitrogens with zero attached hydrogens (tertiary/aromatic N) is 1. The highest BCUT2D eigenvalue weighted by Crippen LogP contribution is 2.28. The van der Waals surface area contributed by atoms with Crippen molar-refractivity contribution in [3.05, 3.63) is 28.2 Å². The molecule has 0 N–H and O–H groups in total. The number of fused-ring (bicyclic) bond motifs is 1. The van der Waals surface area contributed by atoms with E-state index < -0.39 is 5.97 Å². The highest BCUT2D eigenvalue weighted by atomic mass is 35.5. The predicted octanol–water partition coefficient (Wildman–Crippen LogP) is 3.13. The van der Waals surface area contributed by atoms with E-state index in [9.17, 15) is 4.79 Å². The van der Waals surface area contributed by atoms with E-state index in [1.165, 1.54) is 11.3 Å². The van der Waals surface area contributed by atoms with E-state index >= 15 is 0 Å². The molecule has 0 bridgehead atoms. The second-order valence-electron chi connectivity index (χ2n) is 2.83.